The Labute approximate surface area is 96.9 Å². The lowest BCUT2D eigenvalue weighted by Gasteiger charge is -2.10. The number of carboxylic acid groups (broad SMARTS) is 1. The summed E-state index contributed by atoms with van der Waals surface area (Å²) in [7, 11) is 0. The van der Waals surface area contributed by atoms with Crippen molar-refractivity contribution in [2.24, 2.45) is 0 Å². The van der Waals surface area contributed by atoms with Crippen molar-refractivity contribution < 1.29 is 9.90 Å². The minimum absolute atomic E-state index is 0.249. The number of hydrogen-bond acceptors (Lipinski definition) is 2. The molecule has 0 unspecified atom stereocenters. The van der Waals surface area contributed by atoms with Crippen LogP contribution in [0.5, 0.6) is 0 Å². The molecule has 80 valence electrons. The predicted molar refractivity (Wildman–Crippen MR) is 64.4 cm³/mol. The number of anilines is 1. The fraction of sp³-hybridized carbons (Fsp3) is 0.182. The topological polar surface area (TPSA) is 49.3 Å². The lowest BCUT2D eigenvalue weighted by atomic mass is 10.1. The van der Waals surface area contributed by atoms with Crippen molar-refractivity contribution in [2.75, 3.05) is 11.9 Å². The maximum atomic E-state index is 11.0. The molecule has 15 heavy (non-hydrogen) atoms. The Morgan fingerprint density at radius 2 is 2.27 bits per heavy atom. The molecule has 0 radical (unpaired) electrons. The van der Waals surface area contributed by atoms with E-state index in [9.17, 15) is 4.79 Å². The number of halogens is 1. The van der Waals surface area contributed by atoms with Gasteiger partial charge < -0.3 is 10.4 Å². The fourth-order valence-corrected chi connectivity index (χ4v) is 1.67. The molecule has 0 aliphatic rings. The number of hydrogen-bond donors (Lipinski definition) is 2. The van der Waals surface area contributed by atoms with Gasteiger partial charge in [0.25, 0.3) is 0 Å². The van der Waals surface area contributed by atoms with Gasteiger partial charge in [-0.15, -0.1) is 0 Å². The highest BCUT2D eigenvalue weighted by atomic mass is 79.9. The van der Waals surface area contributed by atoms with E-state index >= 15 is 0 Å². The summed E-state index contributed by atoms with van der Waals surface area (Å²) in [6.45, 7) is 6.19. The van der Waals surface area contributed by atoms with Gasteiger partial charge in [0.2, 0.25) is 0 Å². The number of aromatic carboxylic acids is 1. The lowest BCUT2D eigenvalue weighted by Crippen LogP contribution is -2.08. The molecule has 0 atom stereocenters. The van der Waals surface area contributed by atoms with Crippen LogP contribution in [0.25, 0.3) is 0 Å². The zero-order chi connectivity index (χ0) is 11.4. The summed E-state index contributed by atoms with van der Waals surface area (Å²) in [6, 6.07) is 5.23. The van der Waals surface area contributed by atoms with E-state index in [0.717, 1.165) is 5.57 Å². The second kappa shape index (κ2) is 4.98. The molecule has 4 heteroatoms. The van der Waals surface area contributed by atoms with Gasteiger partial charge in [-0.05, 0) is 35.0 Å². The van der Waals surface area contributed by atoms with Gasteiger partial charge in [0, 0.05) is 11.0 Å². The minimum atomic E-state index is -0.952. The molecule has 0 spiro atoms. The van der Waals surface area contributed by atoms with Gasteiger partial charge >= 0.3 is 5.97 Å². The Morgan fingerprint density at radius 1 is 1.60 bits per heavy atom. The van der Waals surface area contributed by atoms with Crippen LogP contribution in [0.4, 0.5) is 5.69 Å². The van der Waals surface area contributed by atoms with Crippen molar-refractivity contribution in [1.82, 2.24) is 0 Å². The van der Waals surface area contributed by atoms with Crippen molar-refractivity contribution in [1.29, 1.82) is 0 Å². The van der Waals surface area contributed by atoms with Crippen LogP contribution in [-0.2, 0) is 0 Å². The average Bonchev–Trinajstić information content (AvgIpc) is 2.13. The highest BCUT2D eigenvalue weighted by Gasteiger charge is 2.13. The van der Waals surface area contributed by atoms with Crippen LogP contribution in [0, 0.1) is 0 Å². The van der Waals surface area contributed by atoms with E-state index in [1.807, 2.05) is 6.92 Å². The van der Waals surface area contributed by atoms with Gasteiger partial charge in [-0.1, -0.05) is 18.2 Å². The molecule has 0 saturated heterocycles. The molecule has 1 aromatic carbocycles. The molecule has 3 nitrogen and oxygen atoms in total. The van der Waals surface area contributed by atoms with Crippen LogP contribution >= 0.6 is 15.9 Å². The van der Waals surface area contributed by atoms with Crippen LogP contribution in [0.15, 0.2) is 34.8 Å². The van der Waals surface area contributed by atoms with Gasteiger partial charge in [0.1, 0.15) is 0 Å². The SMILES string of the molecule is C=C(C)CNc1cccc(Br)c1C(=O)O. The third kappa shape index (κ3) is 3.09. The van der Waals surface area contributed by atoms with Crippen molar-refractivity contribution in [2.45, 2.75) is 6.92 Å². The lowest BCUT2D eigenvalue weighted by molar-refractivity contribution is 0.0697. The zero-order valence-electron chi connectivity index (χ0n) is 8.38. The quantitative estimate of drug-likeness (QED) is 0.826. The Hall–Kier alpha value is -1.29. The van der Waals surface area contributed by atoms with E-state index in [1.54, 1.807) is 18.2 Å². The van der Waals surface area contributed by atoms with Crippen LogP contribution in [0.3, 0.4) is 0 Å². The summed E-state index contributed by atoms with van der Waals surface area (Å²) in [4.78, 5) is 11.0. The normalized spacial score (nSPS) is 9.73. The molecule has 0 aliphatic carbocycles. The molecule has 0 amide bonds. The number of rotatable bonds is 4. The molecule has 0 saturated carbocycles. The number of benzene rings is 1. The van der Waals surface area contributed by atoms with E-state index < -0.39 is 5.97 Å². The first-order valence-corrected chi connectivity index (χ1v) is 5.21. The average molecular weight is 270 g/mol. The van der Waals surface area contributed by atoms with E-state index in [0.29, 0.717) is 16.7 Å². The molecule has 0 aromatic heterocycles. The molecule has 0 bridgehead atoms. The zero-order valence-corrected chi connectivity index (χ0v) is 9.97. The first-order valence-electron chi connectivity index (χ1n) is 4.42. The number of carboxylic acids is 1. The summed E-state index contributed by atoms with van der Waals surface area (Å²) < 4.78 is 0.571. The summed E-state index contributed by atoms with van der Waals surface area (Å²) in [5.74, 6) is -0.952. The van der Waals surface area contributed by atoms with Crippen molar-refractivity contribution in [3.63, 3.8) is 0 Å². The van der Waals surface area contributed by atoms with E-state index in [2.05, 4.69) is 27.8 Å². The molecule has 0 fully saturated rings. The molecular formula is C11H12BrNO2. The van der Waals surface area contributed by atoms with Gasteiger partial charge in [-0.2, -0.15) is 0 Å². The molecule has 2 N–H and O–H groups in total. The van der Waals surface area contributed by atoms with Crippen molar-refractivity contribution in [3.8, 4) is 0 Å². The smallest absolute Gasteiger partial charge is 0.338 e. The van der Waals surface area contributed by atoms with E-state index in [4.69, 9.17) is 5.11 Å². The molecule has 1 rings (SSSR count). The van der Waals surface area contributed by atoms with E-state index in [-0.39, 0.29) is 5.56 Å². The van der Waals surface area contributed by atoms with Crippen molar-refractivity contribution in [3.05, 3.63) is 40.4 Å². The van der Waals surface area contributed by atoms with Crippen LogP contribution in [0.1, 0.15) is 17.3 Å². The molecule has 0 heterocycles. The Balaban J connectivity index is 3.01. The van der Waals surface area contributed by atoms with Crippen molar-refractivity contribution >= 4 is 27.6 Å². The van der Waals surface area contributed by atoms with Crippen LogP contribution in [0.2, 0.25) is 0 Å². The minimum Gasteiger partial charge on any atom is -0.478 e. The summed E-state index contributed by atoms with van der Waals surface area (Å²) in [5, 5.41) is 12.0. The second-order valence-electron chi connectivity index (χ2n) is 3.28. The largest absolute Gasteiger partial charge is 0.478 e. The van der Waals surface area contributed by atoms with Gasteiger partial charge in [0.05, 0.1) is 11.3 Å². The maximum Gasteiger partial charge on any atom is 0.338 e. The highest BCUT2D eigenvalue weighted by Crippen LogP contribution is 2.24. The first-order chi connectivity index (χ1) is 7.02. The molecule has 1 aromatic rings. The second-order valence-corrected chi connectivity index (χ2v) is 4.13. The standard InChI is InChI=1S/C11H12BrNO2/c1-7(2)6-13-9-5-3-4-8(12)10(9)11(14)15/h3-5,13H,1,6H2,2H3,(H,14,15). The third-order valence-electron chi connectivity index (χ3n) is 1.81. The van der Waals surface area contributed by atoms with Gasteiger partial charge in [0.15, 0.2) is 0 Å². The molecule has 0 aliphatic heterocycles. The summed E-state index contributed by atoms with van der Waals surface area (Å²) >= 11 is 3.21. The van der Waals surface area contributed by atoms with Gasteiger partial charge in [-0.25, -0.2) is 4.79 Å². The monoisotopic (exact) mass is 269 g/mol. The Kier molecular flexibility index (Phi) is 3.91. The fourth-order valence-electron chi connectivity index (χ4n) is 1.13. The third-order valence-corrected chi connectivity index (χ3v) is 2.47. The summed E-state index contributed by atoms with van der Waals surface area (Å²) in [5.41, 5.74) is 1.80. The molecular weight excluding hydrogens is 258 g/mol. The van der Waals surface area contributed by atoms with E-state index in [1.165, 1.54) is 0 Å². The predicted octanol–water partition coefficient (Wildman–Crippen LogP) is 3.14. The number of nitrogens with one attached hydrogen (secondary N) is 1. The number of carbonyl (C=O) groups is 1. The first kappa shape index (κ1) is 11.8. The Bertz CT molecular complexity index is 402. The maximum absolute atomic E-state index is 11.0. The van der Waals surface area contributed by atoms with Gasteiger partial charge in [-0.3, -0.25) is 0 Å². The van der Waals surface area contributed by atoms with Crippen LogP contribution in [-0.4, -0.2) is 17.6 Å². The highest BCUT2D eigenvalue weighted by molar-refractivity contribution is 9.10. The van der Waals surface area contributed by atoms with Crippen LogP contribution < -0.4 is 5.32 Å². The Morgan fingerprint density at radius 3 is 2.80 bits per heavy atom. The summed E-state index contributed by atoms with van der Waals surface area (Å²) in [6.07, 6.45) is 0.